The molecule has 33 heteroatoms. The Morgan fingerprint density at radius 1 is 0.649 bits per heavy atom. The molecule has 8 rings (SSSR count). The highest BCUT2D eigenvalue weighted by Crippen LogP contribution is 2.64. The van der Waals surface area contributed by atoms with Crippen LogP contribution in [0.25, 0.3) is 0 Å². The van der Waals surface area contributed by atoms with Gasteiger partial charge in [-0.2, -0.15) is 0 Å². The summed E-state index contributed by atoms with van der Waals surface area (Å²) in [7, 11) is 1.59. The van der Waals surface area contributed by atoms with Gasteiger partial charge in [-0.05, 0) is 86.4 Å². The van der Waals surface area contributed by atoms with Crippen molar-refractivity contribution in [2.45, 2.75) is 153 Å². The fourth-order valence-electron chi connectivity index (χ4n) is 14.1. The number of hydrogen-bond acceptors (Lipinski definition) is 27. The minimum Gasteiger partial charge on any atom is -0.455 e. The molecule has 1 aliphatic heterocycles. The zero-order valence-corrected chi connectivity index (χ0v) is 63.3. The highest BCUT2D eigenvalue weighted by Gasteiger charge is 2.78. The summed E-state index contributed by atoms with van der Waals surface area (Å²) < 4.78 is 74.4. The number of primary amides is 1. The topological polar surface area (TPSA) is 451 Å². The third-order valence-corrected chi connectivity index (χ3v) is 20.0. The second-order valence-electron chi connectivity index (χ2n) is 27.9. The van der Waals surface area contributed by atoms with E-state index in [1.165, 1.54) is 102 Å². The molecule has 0 radical (unpaired) electrons. The first-order valence-electron chi connectivity index (χ1n) is 36.2. The predicted molar refractivity (Wildman–Crippen MR) is 389 cm³/mol. The summed E-state index contributed by atoms with van der Waals surface area (Å²) in [6, 6.07) is 23.2. The lowest BCUT2D eigenvalue weighted by molar-refractivity contribution is -0.346. The largest absolute Gasteiger partial charge is 0.509 e. The molecule has 2 saturated carbocycles. The summed E-state index contributed by atoms with van der Waals surface area (Å²) >= 11 is 0. The quantitative estimate of drug-likeness (QED) is 0.0138. The van der Waals surface area contributed by atoms with Crippen molar-refractivity contribution in [2.24, 2.45) is 22.5 Å². The first-order chi connectivity index (χ1) is 52.9. The number of rotatable bonds is 39. The number of esters is 4. The van der Waals surface area contributed by atoms with E-state index < -0.39 is 193 Å². The van der Waals surface area contributed by atoms with Gasteiger partial charge in [0.1, 0.15) is 61.3 Å². The monoisotopic (exact) mass is 1550 g/mol. The van der Waals surface area contributed by atoms with E-state index in [9.17, 15) is 58.2 Å². The van der Waals surface area contributed by atoms with E-state index in [1.54, 1.807) is 61.7 Å². The number of methoxy groups -OCH3 is 1. The molecule has 1 saturated heterocycles. The van der Waals surface area contributed by atoms with Crippen molar-refractivity contribution in [1.29, 1.82) is 0 Å². The van der Waals surface area contributed by atoms with Crippen LogP contribution in [0.3, 0.4) is 0 Å². The first-order valence-corrected chi connectivity index (χ1v) is 36.2. The lowest BCUT2D eigenvalue weighted by atomic mass is 9.44. The maximum absolute atomic E-state index is 16.0. The number of carbonyl (C=O) groups excluding carboxylic acids is 12. The number of ether oxygens (including phenoxy) is 13. The number of nitrogens with two attached hydrogens (primary N) is 1. The van der Waals surface area contributed by atoms with Crippen molar-refractivity contribution in [3.8, 4) is 0 Å². The first kappa shape index (κ1) is 86.5. The maximum Gasteiger partial charge on any atom is 0.509 e. The van der Waals surface area contributed by atoms with Crippen LogP contribution in [-0.2, 0) is 111 Å². The van der Waals surface area contributed by atoms with Crippen LogP contribution in [0.2, 0.25) is 0 Å². The van der Waals surface area contributed by atoms with Crippen LogP contribution in [0.4, 0.5) is 10.5 Å². The average molecular weight is 1550 g/mol. The SMILES string of the molecule is COCCOCCOCCOCCOCCOCC(=O)N[C@H](C)C(=O)N[C@H](C)C(=O)N[C@H](CC(N)=O)C(=O)Nc1ccc(COC(=O)O[C@@H](C(=O)O[C@H]2C[C@@]3(O)[C@@H](OC(=O)c4ccccc4)[C@H]4[C@](C)(C(=O)[C@H](OC(C)=O)C(=C2C)C3(C)C)[C@@H](O)CC2OC[C@]24OC(C)=O)[C@@H](NC(=O)c2ccccc2)c2ccccc2)cc1. The number of fused-ring (bicyclic) bond motifs is 5. The smallest absolute Gasteiger partial charge is 0.455 e. The molecule has 33 nitrogen and oxygen atoms in total. The van der Waals surface area contributed by atoms with E-state index in [1.807, 2.05) is 0 Å². The second-order valence-corrected chi connectivity index (χ2v) is 27.9. The fourth-order valence-corrected chi connectivity index (χ4v) is 14.1. The molecule has 3 fully saturated rings. The van der Waals surface area contributed by atoms with Gasteiger partial charge in [0, 0.05) is 50.5 Å². The van der Waals surface area contributed by atoms with Gasteiger partial charge in [-0.15, -0.1) is 0 Å². The van der Waals surface area contributed by atoms with Gasteiger partial charge in [-0.1, -0.05) is 92.7 Å². The third-order valence-electron chi connectivity index (χ3n) is 20.0. The van der Waals surface area contributed by atoms with E-state index in [2.05, 4.69) is 26.6 Å². The fraction of sp³-hybridized carbons (Fsp3) is 0.513. The van der Waals surface area contributed by atoms with Crippen molar-refractivity contribution in [1.82, 2.24) is 21.3 Å². The summed E-state index contributed by atoms with van der Waals surface area (Å²) in [5.74, 6) is -11.9. The number of anilines is 1. The molecule has 2 bridgehead atoms. The number of Topliss-reactive ketones (excluding diaryl/α,β-unsaturated/α-hetero) is 1. The van der Waals surface area contributed by atoms with Gasteiger partial charge in [-0.3, -0.25) is 43.2 Å². The van der Waals surface area contributed by atoms with E-state index >= 15 is 9.59 Å². The van der Waals surface area contributed by atoms with Crippen molar-refractivity contribution < 1.29 is 129 Å². The molecule has 4 aromatic carbocycles. The van der Waals surface area contributed by atoms with Crippen molar-refractivity contribution in [2.75, 3.05) is 91.7 Å². The zero-order chi connectivity index (χ0) is 80.8. The van der Waals surface area contributed by atoms with E-state index in [0.717, 1.165) is 13.8 Å². The molecule has 3 aliphatic carbocycles. The normalized spacial score (nSPS) is 23.5. The van der Waals surface area contributed by atoms with Gasteiger partial charge in [-0.25, -0.2) is 14.4 Å². The Morgan fingerprint density at radius 2 is 1.20 bits per heavy atom. The van der Waals surface area contributed by atoms with Gasteiger partial charge in [0.05, 0.1) is 102 Å². The highest BCUT2D eigenvalue weighted by atomic mass is 16.7. The number of amides is 6. The molecule has 6 amide bonds. The Labute approximate surface area is 641 Å². The van der Waals surface area contributed by atoms with Crippen molar-refractivity contribution in [3.05, 3.63) is 149 Å². The van der Waals surface area contributed by atoms with E-state index in [-0.39, 0.29) is 65.3 Å². The Morgan fingerprint density at radius 3 is 1.75 bits per heavy atom. The molecular weight excluding hydrogens is 1450 g/mol. The molecular formula is C78H98N6O27. The zero-order valence-electron chi connectivity index (χ0n) is 63.3. The molecule has 14 atom stereocenters. The lowest BCUT2D eigenvalue weighted by Crippen LogP contribution is -2.82. The van der Waals surface area contributed by atoms with Crippen LogP contribution in [0, 0.1) is 16.7 Å². The van der Waals surface area contributed by atoms with E-state index in [0.29, 0.717) is 46.2 Å². The molecule has 4 aliphatic rings. The summed E-state index contributed by atoms with van der Waals surface area (Å²) in [6.45, 7) is 12.6. The average Bonchev–Trinajstić information content (AvgIpc) is 0.668. The summed E-state index contributed by atoms with van der Waals surface area (Å²) in [4.78, 5) is 167. The molecule has 602 valence electrons. The number of aliphatic hydroxyl groups excluding tert-OH is 1. The summed E-state index contributed by atoms with van der Waals surface area (Å²) in [5, 5.41) is 39.2. The minimum atomic E-state index is -2.59. The molecule has 0 spiro atoms. The maximum atomic E-state index is 16.0. The number of carbonyl (C=O) groups is 12. The van der Waals surface area contributed by atoms with Gasteiger partial charge in [0.2, 0.25) is 35.6 Å². The van der Waals surface area contributed by atoms with Gasteiger partial charge in [0.25, 0.3) is 5.91 Å². The molecule has 0 aromatic heterocycles. The van der Waals surface area contributed by atoms with Gasteiger partial charge >= 0.3 is 30.0 Å². The Hall–Kier alpha value is -10.1. The number of nitrogens with one attached hydrogen (secondary N) is 5. The minimum absolute atomic E-state index is 0.0167. The van der Waals surface area contributed by atoms with E-state index in [4.69, 9.17) is 67.3 Å². The lowest BCUT2D eigenvalue weighted by Gasteiger charge is -2.67. The third kappa shape index (κ3) is 21.7. The summed E-state index contributed by atoms with van der Waals surface area (Å²) in [6.07, 6.45) is -13.9. The van der Waals surface area contributed by atoms with Gasteiger partial charge < -0.3 is 104 Å². The van der Waals surface area contributed by atoms with Gasteiger partial charge in [0.15, 0.2) is 17.5 Å². The summed E-state index contributed by atoms with van der Waals surface area (Å²) in [5.41, 5.74) is -2.49. The molecule has 1 unspecified atom stereocenters. The van der Waals surface area contributed by atoms with Crippen LogP contribution in [0.5, 0.6) is 0 Å². The number of benzene rings is 4. The van der Waals surface area contributed by atoms with Crippen LogP contribution in [0.1, 0.15) is 113 Å². The number of ketones is 1. The standard InChI is InChI=1S/C78H98N6O27/c1-45-56(41-78(98)67(110-72(95)53-23-17-12-18-24-53)65-76(8,57(87)40-58-77(65,44-106-58)111-49(5)86)66(90)63(107-48(4)85)61(45)75(78,6)7)108-73(96)64(62(51-19-13-10-14-20-51)84-70(93)52-21-15-11-16-22-52)109-74(97)105-42-50-25-27-54(28-26-50)82-71(94)55(39-59(79)88)83-69(92)47(3)81-68(91)46(2)80-60(89)43-104-38-37-103-36-35-102-34-33-101-32-31-100-30-29-99-9/h10-28,46-47,55-58,62-65,67,87,98H,29-44H2,1-9H3,(H2,79,88)(H,80,89)(H,81,91)(H,82,94)(H,83,92)(H,84,93)/t46-,47-,55-,56+,57+,58?,62+,63-,64-,65+,67+,76-,77+,78-/m1/s1. The van der Waals surface area contributed by atoms with Crippen LogP contribution < -0.4 is 32.3 Å². The number of hydrogen-bond donors (Lipinski definition) is 8. The predicted octanol–water partition coefficient (Wildman–Crippen LogP) is 3.13. The molecule has 1 heterocycles. The molecule has 9 N–H and O–H groups in total. The Balaban J connectivity index is 0.959. The molecule has 111 heavy (non-hydrogen) atoms. The van der Waals surface area contributed by atoms with Crippen LogP contribution in [0.15, 0.2) is 126 Å². The highest BCUT2D eigenvalue weighted by molar-refractivity contribution is 6.01. The molecule has 4 aromatic rings. The van der Waals surface area contributed by atoms with Crippen LogP contribution >= 0.6 is 0 Å². The number of aliphatic hydroxyl groups is 2. The Bertz CT molecular complexity index is 3960. The van der Waals surface area contributed by atoms with Crippen molar-refractivity contribution >= 4 is 76.9 Å². The van der Waals surface area contributed by atoms with Crippen LogP contribution in [-0.4, -0.2) is 234 Å². The van der Waals surface area contributed by atoms with Crippen molar-refractivity contribution in [3.63, 3.8) is 0 Å². The second kappa shape index (κ2) is 39.7. The Kier molecular flexibility index (Phi) is 30.9.